The van der Waals surface area contributed by atoms with E-state index in [4.69, 9.17) is 5.73 Å². The maximum absolute atomic E-state index is 11.9. The minimum Gasteiger partial charge on any atom is -0.368 e. The summed E-state index contributed by atoms with van der Waals surface area (Å²) in [5.41, 5.74) is 6.55. The maximum Gasteiger partial charge on any atom is 0.251 e. The first-order valence-electron chi connectivity index (χ1n) is 10.2. The van der Waals surface area contributed by atoms with E-state index in [9.17, 15) is 9.59 Å². The largest absolute Gasteiger partial charge is 0.368 e. The van der Waals surface area contributed by atoms with Crippen molar-refractivity contribution in [3.8, 4) is 0 Å². The van der Waals surface area contributed by atoms with E-state index < -0.39 is 5.91 Å². The molecule has 0 aliphatic carbocycles. The summed E-state index contributed by atoms with van der Waals surface area (Å²) < 4.78 is 0. The Morgan fingerprint density at radius 3 is 2.14 bits per heavy atom. The number of carbonyl (C=O) groups excluding carboxylic acids is 2. The Balaban J connectivity index is 0.00000784. The highest BCUT2D eigenvalue weighted by Gasteiger charge is 2.06. The zero-order chi connectivity index (χ0) is 20.6. The normalized spacial score (nSPS) is 10.8. The number of nitrogens with one attached hydrogen (secondary N) is 3. The lowest BCUT2D eigenvalue weighted by molar-refractivity contribution is -0.117. The number of hydrogen-bond donors (Lipinski definition) is 4. The van der Waals surface area contributed by atoms with Gasteiger partial charge >= 0.3 is 0 Å². The molecule has 29 heavy (non-hydrogen) atoms. The summed E-state index contributed by atoms with van der Waals surface area (Å²) in [7, 11) is 1.76. The number of aliphatic imine (C=N–C) groups is 1. The van der Waals surface area contributed by atoms with Gasteiger partial charge < -0.3 is 21.7 Å². The number of rotatable bonds is 13. The number of halogens is 1. The molecule has 0 radical (unpaired) electrons. The molecule has 0 heterocycles. The molecule has 0 unspecified atom stereocenters. The number of hydrogen-bond acceptors (Lipinski definition) is 3. The third-order valence-corrected chi connectivity index (χ3v) is 4.40. The SMILES string of the molecule is CCCCCCCCCNC(=NC)NCc1ccc(C(=O)NCC(N)=O)cc1.I. The predicted molar refractivity (Wildman–Crippen MR) is 130 cm³/mol. The Hall–Kier alpha value is -1.84. The Labute approximate surface area is 191 Å². The second-order valence-electron chi connectivity index (χ2n) is 6.82. The van der Waals surface area contributed by atoms with Crippen LogP contribution in [0.1, 0.15) is 67.8 Å². The van der Waals surface area contributed by atoms with Gasteiger partial charge in [0.1, 0.15) is 0 Å². The van der Waals surface area contributed by atoms with Crippen LogP contribution in [-0.4, -0.2) is 37.9 Å². The van der Waals surface area contributed by atoms with Gasteiger partial charge in [0.05, 0.1) is 6.54 Å². The van der Waals surface area contributed by atoms with Gasteiger partial charge in [0.2, 0.25) is 5.91 Å². The van der Waals surface area contributed by atoms with Crippen molar-refractivity contribution in [2.24, 2.45) is 10.7 Å². The fourth-order valence-electron chi connectivity index (χ4n) is 2.74. The van der Waals surface area contributed by atoms with Crippen molar-refractivity contribution in [2.45, 2.75) is 58.4 Å². The third kappa shape index (κ3) is 13.1. The minimum atomic E-state index is -0.565. The second kappa shape index (κ2) is 17.1. The van der Waals surface area contributed by atoms with Crippen molar-refractivity contribution in [1.29, 1.82) is 0 Å². The summed E-state index contributed by atoms with van der Waals surface area (Å²) in [6.07, 6.45) is 8.99. The predicted octanol–water partition coefficient (Wildman–Crippen LogP) is 2.94. The molecule has 1 aromatic rings. The first-order chi connectivity index (χ1) is 13.6. The van der Waals surface area contributed by atoms with Crippen LogP contribution in [0.5, 0.6) is 0 Å². The summed E-state index contributed by atoms with van der Waals surface area (Å²) in [5.74, 6) is -0.107. The van der Waals surface area contributed by atoms with Gasteiger partial charge in [0.25, 0.3) is 5.91 Å². The third-order valence-electron chi connectivity index (χ3n) is 4.40. The zero-order valence-corrected chi connectivity index (χ0v) is 20.0. The van der Waals surface area contributed by atoms with Crippen molar-refractivity contribution in [3.63, 3.8) is 0 Å². The molecule has 0 saturated carbocycles. The molecule has 0 spiro atoms. The lowest BCUT2D eigenvalue weighted by Gasteiger charge is -2.12. The van der Waals surface area contributed by atoms with E-state index in [-0.39, 0.29) is 36.4 Å². The molecule has 7 nitrogen and oxygen atoms in total. The number of benzene rings is 1. The number of carbonyl (C=O) groups is 2. The molecule has 0 aliphatic rings. The zero-order valence-electron chi connectivity index (χ0n) is 17.6. The van der Waals surface area contributed by atoms with Gasteiger partial charge in [-0.25, -0.2) is 0 Å². The highest BCUT2D eigenvalue weighted by molar-refractivity contribution is 14.0. The van der Waals surface area contributed by atoms with Crippen LogP contribution in [0.15, 0.2) is 29.3 Å². The molecule has 1 aromatic carbocycles. The van der Waals surface area contributed by atoms with E-state index in [2.05, 4.69) is 27.9 Å². The summed E-state index contributed by atoms with van der Waals surface area (Å²) in [5, 5.41) is 9.07. The van der Waals surface area contributed by atoms with Crippen LogP contribution >= 0.6 is 24.0 Å². The van der Waals surface area contributed by atoms with Crippen molar-refractivity contribution in [2.75, 3.05) is 20.1 Å². The first-order valence-corrected chi connectivity index (χ1v) is 10.2. The van der Waals surface area contributed by atoms with Gasteiger partial charge in [-0.2, -0.15) is 0 Å². The fraction of sp³-hybridized carbons (Fsp3) is 0.571. The van der Waals surface area contributed by atoms with E-state index in [1.54, 1.807) is 19.2 Å². The minimum absolute atomic E-state index is 0. The lowest BCUT2D eigenvalue weighted by atomic mass is 10.1. The number of unbranched alkanes of at least 4 members (excludes halogenated alkanes) is 6. The van der Waals surface area contributed by atoms with Gasteiger partial charge in [0.15, 0.2) is 5.96 Å². The van der Waals surface area contributed by atoms with Crippen molar-refractivity contribution >= 4 is 41.8 Å². The lowest BCUT2D eigenvalue weighted by Crippen LogP contribution is -2.37. The van der Waals surface area contributed by atoms with Gasteiger partial charge in [0, 0.05) is 25.7 Å². The molecule has 1 rings (SSSR count). The van der Waals surface area contributed by atoms with Crippen LogP contribution in [-0.2, 0) is 11.3 Å². The standard InChI is InChI=1S/C21H35N5O2.HI/c1-3-4-5-6-7-8-9-14-24-21(23-2)26-15-17-10-12-18(13-11-17)20(28)25-16-19(22)27;/h10-13H,3-9,14-16H2,1-2H3,(H2,22,27)(H,25,28)(H2,23,24,26);1H. The Bertz CT molecular complexity index is 620. The number of guanidine groups is 1. The quantitative estimate of drug-likeness (QED) is 0.140. The molecule has 0 atom stereocenters. The van der Waals surface area contributed by atoms with Crippen molar-refractivity contribution in [1.82, 2.24) is 16.0 Å². The average Bonchev–Trinajstić information content (AvgIpc) is 2.70. The highest BCUT2D eigenvalue weighted by atomic mass is 127. The molecule has 2 amide bonds. The molecule has 0 bridgehead atoms. The second-order valence-corrected chi connectivity index (χ2v) is 6.82. The smallest absolute Gasteiger partial charge is 0.251 e. The average molecular weight is 517 g/mol. The molecule has 0 aliphatic heterocycles. The summed E-state index contributed by atoms with van der Waals surface area (Å²) >= 11 is 0. The fourth-order valence-corrected chi connectivity index (χ4v) is 2.74. The number of amides is 2. The van der Waals surface area contributed by atoms with Crippen LogP contribution in [0.3, 0.4) is 0 Å². The van der Waals surface area contributed by atoms with Crippen LogP contribution in [0, 0.1) is 0 Å². The number of nitrogens with zero attached hydrogens (tertiary/aromatic N) is 1. The first kappa shape index (κ1) is 27.2. The summed E-state index contributed by atoms with van der Waals surface area (Å²) in [6.45, 7) is 3.59. The molecule has 8 heteroatoms. The number of primary amides is 1. The van der Waals surface area contributed by atoms with Gasteiger partial charge in [-0.05, 0) is 24.1 Å². The van der Waals surface area contributed by atoms with Crippen LogP contribution in [0.2, 0.25) is 0 Å². The molecular weight excluding hydrogens is 481 g/mol. The Kier molecular flexibility index (Phi) is 16.0. The summed E-state index contributed by atoms with van der Waals surface area (Å²) in [4.78, 5) is 26.8. The van der Waals surface area contributed by atoms with Crippen molar-refractivity contribution < 1.29 is 9.59 Å². The monoisotopic (exact) mass is 517 g/mol. The molecule has 0 aromatic heterocycles. The van der Waals surface area contributed by atoms with Crippen LogP contribution in [0.4, 0.5) is 0 Å². The Morgan fingerprint density at radius 1 is 0.931 bits per heavy atom. The topological polar surface area (TPSA) is 109 Å². The van der Waals surface area contributed by atoms with Gasteiger partial charge in [-0.1, -0.05) is 57.6 Å². The van der Waals surface area contributed by atoms with E-state index in [0.717, 1.165) is 24.5 Å². The van der Waals surface area contributed by atoms with Gasteiger partial charge in [-0.3, -0.25) is 14.6 Å². The van der Waals surface area contributed by atoms with E-state index in [1.165, 1.54) is 38.5 Å². The van der Waals surface area contributed by atoms with Crippen molar-refractivity contribution in [3.05, 3.63) is 35.4 Å². The molecule has 164 valence electrons. The summed E-state index contributed by atoms with van der Waals surface area (Å²) in [6, 6.07) is 7.19. The molecule has 5 N–H and O–H groups in total. The van der Waals surface area contributed by atoms with E-state index in [0.29, 0.717) is 12.1 Å². The number of nitrogens with two attached hydrogens (primary N) is 1. The maximum atomic E-state index is 11.9. The molecule has 0 saturated heterocycles. The highest BCUT2D eigenvalue weighted by Crippen LogP contribution is 2.06. The van der Waals surface area contributed by atoms with E-state index >= 15 is 0 Å². The van der Waals surface area contributed by atoms with E-state index in [1.807, 2.05) is 12.1 Å². The molecular formula is C21H36IN5O2. The molecule has 0 fully saturated rings. The Morgan fingerprint density at radius 2 is 1.55 bits per heavy atom. The van der Waals surface area contributed by atoms with Crippen LogP contribution < -0.4 is 21.7 Å². The van der Waals surface area contributed by atoms with Crippen LogP contribution in [0.25, 0.3) is 0 Å². The van der Waals surface area contributed by atoms with Gasteiger partial charge in [-0.15, -0.1) is 24.0 Å².